The summed E-state index contributed by atoms with van der Waals surface area (Å²) in [5, 5.41) is 37.6. The number of hydrogen-bond donors (Lipinski definition) is 4. The average Bonchev–Trinajstić information content (AvgIpc) is 2.17. The van der Waals surface area contributed by atoms with Gasteiger partial charge in [0.15, 0.2) is 6.29 Å². The summed E-state index contributed by atoms with van der Waals surface area (Å²) in [6.45, 7) is 4.87. The lowest BCUT2D eigenvalue weighted by Gasteiger charge is -2.41. The fourth-order valence-corrected chi connectivity index (χ4v) is 1.51. The van der Waals surface area contributed by atoms with Crippen molar-refractivity contribution in [3.63, 3.8) is 0 Å². The maximum absolute atomic E-state index is 9.64. The molecule has 1 aliphatic heterocycles. The monoisotopic (exact) mass is 236 g/mol. The van der Waals surface area contributed by atoms with Crippen LogP contribution >= 0.6 is 0 Å². The van der Waals surface area contributed by atoms with Crippen LogP contribution in [0, 0.1) is 0 Å². The van der Waals surface area contributed by atoms with E-state index in [9.17, 15) is 15.3 Å². The van der Waals surface area contributed by atoms with Gasteiger partial charge in [0.2, 0.25) is 0 Å². The minimum absolute atomic E-state index is 0.449. The van der Waals surface area contributed by atoms with Crippen LogP contribution in [0.5, 0.6) is 0 Å². The molecule has 16 heavy (non-hydrogen) atoms. The third kappa shape index (κ3) is 3.13. The Labute approximate surface area is 94.4 Å². The number of hydrogen-bond acceptors (Lipinski definition) is 6. The van der Waals surface area contributed by atoms with Crippen molar-refractivity contribution in [1.82, 2.24) is 0 Å². The summed E-state index contributed by atoms with van der Waals surface area (Å²) in [5.74, 6) is 0. The lowest BCUT2D eigenvalue weighted by atomic mass is 9.99. The minimum atomic E-state index is -1.39. The molecule has 4 N–H and O–H groups in total. The molecule has 0 spiro atoms. The van der Waals surface area contributed by atoms with E-state index in [1.807, 2.05) is 0 Å². The molecule has 1 heterocycles. The summed E-state index contributed by atoms with van der Waals surface area (Å²) >= 11 is 0. The van der Waals surface area contributed by atoms with Crippen molar-refractivity contribution < 1.29 is 29.9 Å². The molecule has 5 unspecified atom stereocenters. The topological polar surface area (TPSA) is 99.4 Å². The van der Waals surface area contributed by atoms with Crippen LogP contribution in [0.1, 0.15) is 20.8 Å². The van der Waals surface area contributed by atoms with E-state index in [4.69, 9.17) is 14.6 Å². The average molecular weight is 236 g/mol. The third-order valence-electron chi connectivity index (χ3n) is 2.32. The lowest BCUT2D eigenvalue weighted by Crippen LogP contribution is -2.60. The van der Waals surface area contributed by atoms with Crippen molar-refractivity contribution in [2.45, 2.75) is 57.1 Å². The van der Waals surface area contributed by atoms with Gasteiger partial charge in [-0.15, -0.1) is 0 Å². The van der Waals surface area contributed by atoms with E-state index < -0.39 is 42.9 Å². The van der Waals surface area contributed by atoms with Gasteiger partial charge < -0.3 is 29.9 Å². The van der Waals surface area contributed by atoms with Crippen molar-refractivity contribution in [2.75, 3.05) is 6.61 Å². The molecule has 5 atom stereocenters. The second-order valence-corrected chi connectivity index (χ2v) is 4.93. The molecular weight excluding hydrogens is 216 g/mol. The van der Waals surface area contributed by atoms with Crippen LogP contribution < -0.4 is 0 Å². The first-order valence-corrected chi connectivity index (χ1v) is 5.24. The molecule has 0 aromatic heterocycles. The van der Waals surface area contributed by atoms with Crippen LogP contribution in [0.25, 0.3) is 0 Å². The van der Waals surface area contributed by atoms with E-state index in [0.29, 0.717) is 0 Å². The van der Waals surface area contributed by atoms with Crippen molar-refractivity contribution >= 4 is 0 Å². The Morgan fingerprint density at radius 2 is 1.62 bits per heavy atom. The second-order valence-electron chi connectivity index (χ2n) is 4.93. The molecule has 6 nitrogen and oxygen atoms in total. The highest BCUT2D eigenvalue weighted by atomic mass is 16.7. The van der Waals surface area contributed by atoms with Gasteiger partial charge in [-0.3, -0.25) is 0 Å². The van der Waals surface area contributed by atoms with E-state index in [-0.39, 0.29) is 0 Å². The number of aliphatic hydroxyl groups is 4. The second kappa shape index (κ2) is 4.95. The van der Waals surface area contributed by atoms with Gasteiger partial charge in [0.25, 0.3) is 0 Å². The van der Waals surface area contributed by atoms with Crippen LogP contribution in [-0.2, 0) is 9.47 Å². The molecule has 1 rings (SSSR count). The predicted octanol–water partition coefficient (Wildman–Crippen LogP) is -1.40. The van der Waals surface area contributed by atoms with E-state index >= 15 is 0 Å². The molecule has 0 radical (unpaired) electrons. The zero-order valence-electron chi connectivity index (χ0n) is 9.70. The minimum Gasteiger partial charge on any atom is -0.394 e. The number of ether oxygens (including phenoxy) is 2. The van der Waals surface area contributed by atoms with E-state index in [1.54, 1.807) is 20.8 Å². The quantitative estimate of drug-likeness (QED) is 0.471. The van der Waals surface area contributed by atoms with Gasteiger partial charge >= 0.3 is 0 Å². The Balaban J connectivity index is 2.71. The van der Waals surface area contributed by atoms with Crippen molar-refractivity contribution in [1.29, 1.82) is 0 Å². The highest BCUT2D eigenvalue weighted by Crippen LogP contribution is 2.25. The Kier molecular flexibility index (Phi) is 4.28. The third-order valence-corrected chi connectivity index (χ3v) is 2.32. The smallest absolute Gasteiger partial charge is 0.187 e. The Hall–Kier alpha value is -0.240. The molecule has 0 aromatic rings. The first kappa shape index (κ1) is 13.8. The molecule has 6 heteroatoms. The van der Waals surface area contributed by atoms with Gasteiger partial charge in [-0.25, -0.2) is 0 Å². The van der Waals surface area contributed by atoms with Crippen molar-refractivity contribution in [3.05, 3.63) is 0 Å². The van der Waals surface area contributed by atoms with Crippen molar-refractivity contribution in [2.24, 2.45) is 0 Å². The number of aliphatic hydroxyl groups excluding tert-OH is 4. The SMILES string of the molecule is CC(C)(C)OC1OC(CO)C(O)C(O)C1O. The zero-order chi connectivity index (χ0) is 12.5. The van der Waals surface area contributed by atoms with Crippen LogP contribution in [-0.4, -0.2) is 63.3 Å². The summed E-state index contributed by atoms with van der Waals surface area (Å²) < 4.78 is 10.6. The standard InChI is InChI=1S/C10H20O6/c1-10(2,3)16-9-8(14)7(13)6(12)5(4-11)15-9/h5-9,11-14H,4H2,1-3H3. The Morgan fingerprint density at radius 1 is 1.06 bits per heavy atom. The predicted molar refractivity (Wildman–Crippen MR) is 54.6 cm³/mol. The molecular formula is C10H20O6. The molecule has 1 saturated heterocycles. The Morgan fingerprint density at radius 3 is 2.06 bits per heavy atom. The van der Waals surface area contributed by atoms with E-state index in [1.165, 1.54) is 0 Å². The first-order chi connectivity index (χ1) is 7.26. The molecule has 0 aliphatic carbocycles. The molecule has 0 bridgehead atoms. The summed E-state index contributed by atoms with van der Waals surface area (Å²) in [4.78, 5) is 0. The molecule has 1 aliphatic rings. The van der Waals surface area contributed by atoms with Crippen LogP contribution in [0.15, 0.2) is 0 Å². The highest BCUT2D eigenvalue weighted by Gasteiger charge is 2.45. The van der Waals surface area contributed by atoms with Gasteiger partial charge in [0.1, 0.15) is 24.4 Å². The van der Waals surface area contributed by atoms with Gasteiger partial charge in [0, 0.05) is 0 Å². The summed E-state index contributed by atoms with van der Waals surface area (Å²) in [6, 6.07) is 0. The van der Waals surface area contributed by atoms with Crippen LogP contribution in [0.2, 0.25) is 0 Å². The van der Waals surface area contributed by atoms with Crippen molar-refractivity contribution in [3.8, 4) is 0 Å². The lowest BCUT2D eigenvalue weighted by molar-refractivity contribution is -0.320. The summed E-state index contributed by atoms with van der Waals surface area (Å²) in [5.41, 5.74) is -0.562. The summed E-state index contributed by atoms with van der Waals surface area (Å²) in [6.07, 6.45) is -6.06. The van der Waals surface area contributed by atoms with Gasteiger partial charge in [0.05, 0.1) is 12.2 Å². The van der Waals surface area contributed by atoms with E-state index in [0.717, 1.165) is 0 Å². The number of rotatable bonds is 2. The summed E-state index contributed by atoms with van der Waals surface area (Å²) in [7, 11) is 0. The van der Waals surface area contributed by atoms with Crippen LogP contribution in [0.4, 0.5) is 0 Å². The zero-order valence-corrected chi connectivity index (χ0v) is 9.70. The van der Waals surface area contributed by atoms with Gasteiger partial charge in [-0.05, 0) is 20.8 Å². The molecule has 96 valence electrons. The molecule has 0 amide bonds. The molecule has 0 aromatic carbocycles. The maximum Gasteiger partial charge on any atom is 0.187 e. The Bertz CT molecular complexity index is 224. The molecule has 1 fully saturated rings. The largest absolute Gasteiger partial charge is 0.394 e. The van der Waals surface area contributed by atoms with Crippen LogP contribution in [0.3, 0.4) is 0 Å². The van der Waals surface area contributed by atoms with E-state index in [2.05, 4.69) is 0 Å². The molecule has 0 saturated carbocycles. The first-order valence-electron chi connectivity index (χ1n) is 5.24. The van der Waals surface area contributed by atoms with Gasteiger partial charge in [-0.1, -0.05) is 0 Å². The highest BCUT2D eigenvalue weighted by molar-refractivity contribution is 4.89. The van der Waals surface area contributed by atoms with Gasteiger partial charge in [-0.2, -0.15) is 0 Å². The fourth-order valence-electron chi connectivity index (χ4n) is 1.51. The normalized spacial score (nSPS) is 41.1. The fraction of sp³-hybridized carbons (Fsp3) is 1.00. The maximum atomic E-state index is 9.64.